The average Bonchev–Trinajstić information content (AvgIpc) is 2.40. The molecular weight excluding hydrogens is 259 g/mol. The first-order valence-corrected chi connectivity index (χ1v) is 6.22. The summed E-state index contributed by atoms with van der Waals surface area (Å²) in [5.74, 6) is -0.267. The van der Waals surface area contributed by atoms with Gasteiger partial charge in [-0.05, 0) is 31.5 Å². The SMILES string of the molecule is Cc1cc([N+](=O)[O-])c(C)cc1NCc1ccccc1F. The van der Waals surface area contributed by atoms with Crippen molar-refractivity contribution in [2.45, 2.75) is 20.4 Å². The second kappa shape index (κ2) is 5.69. The number of hydrogen-bond donors (Lipinski definition) is 1. The van der Waals surface area contributed by atoms with Crippen LogP contribution in [0, 0.1) is 29.8 Å². The maximum absolute atomic E-state index is 13.5. The van der Waals surface area contributed by atoms with Crippen LogP contribution in [0.2, 0.25) is 0 Å². The Morgan fingerprint density at radius 1 is 1.20 bits per heavy atom. The van der Waals surface area contributed by atoms with E-state index >= 15 is 0 Å². The molecule has 0 saturated heterocycles. The monoisotopic (exact) mass is 274 g/mol. The number of nitrogens with one attached hydrogen (secondary N) is 1. The van der Waals surface area contributed by atoms with Crippen molar-refractivity contribution in [2.24, 2.45) is 0 Å². The molecule has 0 aromatic heterocycles. The Balaban J connectivity index is 2.21. The predicted molar refractivity (Wildman–Crippen MR) is 76.3 cm³/mol. The smallest absolute Gasteiger partial charge is 0.272 e. The van der Waals surface area contributed by atoms with E-state index < -0.39 is 4.92 Å². The lowest BCUT2D eigenvalue weighted by Gasteiger charge is -2.11. The zero-order valence-corrected chi connectivity index (χ0v) is 11.3. The lowest BCUT2D eigenvalue weighted by atomic mass is 10.1. The van der Waals surface area contributed by atoms with Crippen molar-refractivity contribution in [1.82, 2.24) is 0 Å². The number of nitro groups is 1. The van der Waals surface area contributed by atoms with Crippen molar-refractivity contribution in [3.63, 3.8) is 0 Å². The third-order valence-corrected chi connectivity index (χ3v) is 3.17. The molecule has 0 atom stereocenters. The molecular formula is C15H15FN2O2. The molecule has 2 rings (SSSR count). The fraction of sp³-hybridized carbons (Fsp3) is 0.200. The molecule has 0 bridgehead atoms. The van der Waals surface area contributed by atoms with Crippen molar-refractivity contribution < 1.29 is 9.31 Å². The number of rotatable bonds is 4. The molecule has 0 unspecified atom stereocenters. The number of nitro benzene ring substituents is 1. The molecule has 0 heterocycles. The van der Waals surface area contributed by atoms with E-state index in [9.17, 15) is 14.5 Å². The van der Waals surface area contributed by atoms with Gasteiger partial charge in [-0.15, -0.1) is 0 Å². The van der Waals surface area contributed by atoms with Gasteiger partial charge >= 0.3 is 0 Å². The minimum Gasteiger partial charge on any atom is -0.381 e. The van der Waals surface area contributed by atoms with Crippen LogP contribution in [0.1, 0.15) is 16.7 Å². The average molecular weight is 274 g/mol. The summed E-state index contributed by atoms with van der Waals surface area (Å²) in [4.78, 5) is 10.4. The van der Waals surface area contributed by atoms with Gasteiger partial charge in [-0.2, -0.15) is 0 Å². The first-order chi connectivity index (χ1) is 9.49. The van der Waals surface area contributed by atoms with E-state index in [-0.39, 0.29) is 11.5 Å². The van der Waals surface area contributed by atoms with Crippen LogP contribution >= 0.6 is 0 Å². The molecule has 5 heteroatoms. The van der Waals surface area contributed by atoms with Gasteiger partial charge in [-0.3, -0.25) is 10.1 Å². The van der Waals surface area contributed by atoms with Crippen LogP contribution in [-0.4, -0.2) is 4.92 Å². The third-order valence-electron chi connectivity index (χ3n) is 3.17. The molecule has 0 aliphatic rings. The Morgan fingerprint density at radius 2 is 1.90 bits per heavy atom. The van der Waals surface area contributed by atoms with Crippen LogP contribution in [0.5, 0.6) is 0 Å². The zero-order chi connectivity index (χ0) is 14.7. The van der Waals surface area contributed by atoms with E-state index in [4.69, 9.17) is 0 Å². The van der Waals surface area contributed by atoms with E-state index in [1.165, 1.54) is 12.1 Å². The fourth-order valence-corrected chi connectivity index (χ4v) is 2.02. The van der Waals surface area contributed by atoms with Crippen molar-refractivity contribution >= 4 is 11.4 Å². The summed E-state index contributed by atoms with van der Waals surface area (Å²) in [5.41, 5.74) is 2.77. The zero-order valence-electron chi connectivity index (χ0n) is 11.3. The Hall–Kier alpha value is -2.43. The van der Waals surface area contributed by atoms with Crippen molar-refractivity contribution in [2.75, 3.05) is 5.32 Å². The van der Waals surface area contributed by atoms with Gasteiger partial charge in [-0.25, -0.2) is 4.39 Å². The second-order valence-electron chi connectivity index (χ2n) is 4.66. The molecule has 20 heavy (non-hydrogen) atoms. The molecule has 2 aromatic carbocycles. The van der Waals surface area contributed by atoms with Crippen LogP contribution in [0.15, 0.2) is 36.4 Å². The molecule has 104 valence electrons. The Morgan fingerprint density at radius 3 is 2.55 bits per heavy atom. The van der Waals surface area contributed by atoms with E-state index in [2.05, 4.69) is 5.32 Å². The van der Waals surface area contributed by atoms with Crippen molar-refractivity contribution in [1.29, 1.82) is 0 Å². The van der Waals surface area contributed by atoms with Gasteiger partial charge in [0.05, 0.1) is 4.92 Å². The van der Waals surface area contributed by atoms with Crippen LogP contribution in [0.3, 0.4) is 0 Å². The molecule has 0 spiro atoms. The largest absolute Gasteiger partial charge is 0.381 e. The van der Waals surface area contributed by atoms with Gasteiger partial charge in [0.1, 0.15) is 5.82 Å². The topological polar surface area (TPSA) is 55.2 Å². The number of anilines is 1. The Kier molecular flexibility index (Phi) is 3.98. The van der Waals surface area contributed by atoms with Gasteiger partial charge in [0.25, 0.3) is 5.69 Å². The maximum Gasteiger partial charge on any atom is 0.272 e. The van der Waals surface area contributed by atoms with E-state index in [1.807, 2.05) is 0 Å². The molecule has 0 aliphatic heterocycles. The molecule has 0 fully saturated rings. The highest BCUT2D eigenvalue weighted by molar-refractivity contribution is 5.59. The molecule has 0 amide bonds. The normalized spacial score (nSPS) is 10.3. The summed E-state index contributed by atoms with van der Waals surface area (Å²) in [6.07, 6.45) is 0. The molecule has 4 nitrogen and oxygen atoms in total. The second-order valence-corrected chi connectivity index (χ2v) is 4.66. The van der Waals surface area contributed by atoms with Gasteiger partial charge < -0.3 is 5.32 Å². The van der Waals surface area contributed by atoms with Crippen molar-refractivity contribution in [3.05, 3.63) is 69.0 Å². The molecule has 0 radical (unpaired) electrons. The van der Waals surface area contributed by atoms with Gasteiger partial charge in [0, 0.05) is 29.4 Å². The number of nitrogens with zero attached hydrogens (tertiary/aromatic N) is 1. The summed E-state index contributed by atoms with van der Waals surface area (Å²) in [6, 6.07) is 9.77. The van der Waals surface area contributed by atoms with Gasteiger partial charge in [-0.1, -0.05) is 18.2 Å². The third kappa shape index (κ3) is 2.93. The first-order valence-electron chi connectivity index (χ1n) is 6.22. The van der Waals surface area contributed by atoms with Crippen LogP contribution < -0.4 is 5.32 Å². The highest BCUT2D eigenvalue weighted by Crippen LogP contribution is 2.26. The maximum atomic E-state index is 13.5. The van der Waals surface area contributed by atoms with Crippen molar-refractivity contribution in [3.8, 4) is 0 Å². The van der Waals surface area contributed by atoms with Crippen LogP contribution in [-0.2, 0) is 6.54 Å². The molecule has 0 saturated carbocycles. The fourth-order valence-electron chi connectivity index (χ4n) is 2.02. The first kappa shape index (κ1) is 14.0. The molecule has 1 N–H and O–H groups in total. The lowest BCUT2D eigenvalue weighted by Crippen LogP contribution is -2.04. The summed E-state index contributed by atoms with van der Waals surface area (Å²) >= 11 is 0. The van der Waals surface area contributed by atoms with E-state index in [1.54, 1.807) is 38.1 Å². The van der Waals surface area contributed by atoms with E-state index in [0.29, 0.717) is 17.7 Å². The highest BCUT2D eigenvalue weighted by atomic mass is 19.1. The summed E-state index contributed by atoms with van der Waals surface area (Å²) < 4.78 is 13.5. The highest BCUT2D eigenvalue weighted by Gasteiger charge is 2.13. The van der Waals surface area contributed by atoms with Crippen LogP contribution in [0.25, 0.3) is 0 Å². The Labute approximate surface area is 116 Å². The molecule has 2 aromatic rings. The lowest BCUT2D eigenvalue weighted by molar-refractivity contribution is -0.385. The summed E-state index contributed by atoms with van der Waals surface area (Å²) in [6.45, 7) is 3.81. The number of aryl methyl sites for hydroxylation is 2. The number of halogens is 1. The summed E-state index contributed by atoms with van der Waals surface area (Å²) in [5, 5.41) is 14.0. The molecule has 0 aliphatic carbocycles. The summed E-state index contributed by atoms with van der Waals surface area (Å²) in [7, 11) is 0. The number of benzene rings is 2. The van der Waals surface area contributed by atoms with Crippen LogP contribution in [0.4, 0.5) is 15.8 Å². The van der Waals surface area contributed by atoms with E-state index in [0.717, 1.165) is 11.3 Å². The minimum atomic E-state index is -0.400. The number of hydrogen-bond acceptors (Lipinski definition) is 3. The predicted octanol–water partition coefficient (Wildman–Crippen LogP) is 3.96. The quantitative estimate of drug-likeness (QED) is 0.678. The standard InChI is InChI=1S/C15H15FN2O2/c1-10-8-15(18(19)20)11(2)7-14(10)17-9-12-5-3-4-6-13(12)16/h3-8,17H,9H2,1-2H3. The van der Waals surface area contributed by atoms with Gasteiger partial charge in [0.15, 0.2) is 0 Å². The minimum absolute atomic E-state index is 0.0962. The van der Waals surface area contributed by atoms with Gasteiger partial charge in [0.2, 0.25) is 0 Å². The Bertz CT molecular complexity index is 656.